The molecule has 2 aromatic rings. The first-order valence-corrected chi connectivity index (χ1v) is 11.6. The third-order valence-electron chi connectivity index (χ3n) is 5.43. The van der Waals surface area contributed by atoms with Gasteiger partial charge in [-0.05, 0) is 47.9 Å². The van der Waals surface area contributed by atoms with Crippen molar-refractivity contribution in [3.8, 4) is 11.1 Å². The molecule has 3 rings (SSSR count). The van der Waals surface area contributed by atoms with E-state index in [0.717, 1.165) is 12.8 Å². The zero-order chi connectivity index (χ0) is 19.8. The fraction of sp³-hybridized carbons (Fsp3) is 0.478. The number of aryl methyl sites for hydroxylation is 2. The van der Waals surface area contributed by atoms with E-state index in [-0.39, 0.29) is 0 Å². The van der Waals surface area contributed by atoms with E-state index in [4.69, 9.17) is 14.8 Å². The predicted molar refractivity (Wildman–Crippen MR) is 116 cm³/mol. The van der Waals surface area contributed by atoms with Crippen LogP contribution in [0.4, 0.5) is 0 Å². The molecule has 0 radical (unpaired) electrons. The van der Waals surface area contributed by atoms with Crippen LogP contribution in [0.2, 0.25) is 0 Å². The molecule has 1 fully saturated rings. The SMILES string of the molecule is CCCCCCc1ccc(-c2ccc(CCC3(N)CO[PH](=O)OC3)cc2)cc1. The summed E-state index contributed by atoms with van der Waals surface area (Å²) in [5, 5.41) is 0. The Kier molecular flexibility index (Phi) is 7.87. The average molecular weight is 401 g/mol. The van der Waals surface area contributed by atoms with E-state index in [1.54, 1.807) is 0 Å². The quantitative estimate of drug-likeness (QED) is 0.442. The monoisotopic (exact) mass is 401 g/mol. The Morgan fingerprint density at radius 1 is 0.857 bits per heavy atom. The Morgan fingerprint density at radius 2 is 1.39 bits per heavy atom. The first kappa shape index (κ1) is 21.3. The molecule has 1 saturated heterocycles. The Hall–Kier alpha value is -1.45. The second-order valence-corrected chi connectivity index (χ2v) is 8.97. The van der Waals surface area contributed by atoms with Crippen LogP contribution >= 0.6 is 8.25 Å². The van der Waals surface area contributed by atoms with Crippen LogP contribution < -0.4 is 5.73 Å². The van der Waals surface area contributed by atoms with Crippen molar-refractivity contribution in [1.29, 1.82) is 0 Å². The third-order valence-corrected chi connectivity index (χ3v) is 6.19. The van der Waals surface area contributed by atoms with Crippen LogP contribution in [0, 0.1) is 0 Å². The van der Waals surface area contributed by atoms with Crippen molar-refractivity contribution in [1.82, 2.24) is 0 Å². The van der Waals surface area contributed by atoms with Crippen LogP contribution in [-0.4, -0.2) is 18.8 Å². The molecule has 28 heavy (non-hydrogen) atoms. The molecule has 0 unspecified atom stereocenters. The van der Waals surface area contributed by atoms with Gasteiger partial charge < -0.3 is 14.8 Å². The molecule has 2 N–H and O–H groups in total. The highest BCUT2D eigenvalue weighted by atomic mass is 31.1. The molecule has 0 amide bonds. The Labute approximate surface area is 169 Å². The van der Waals surface area contributed by atoms with Crippen molar-refractivity contribution in [3.05, 3.63) is 59.7 Å². The number of hydrogen-bond donors (Lipinski definition) is 1. The Morgan fingerprint density at radius 3 is 1.93 bits per heavy atom. The van der Waals surface area contributed by atoms with Crippen LogP contribution in [0.25, 0.3) is 11.1 Å². The van der Waals surface area contributed by atoms with Crippen LogP contribution in [0.1, 0.15) is 50.2 Å². The fourth-order valence-corrected chi connectivity index (χ4v) is 4.40. The van der Waals surface area contributed by atoms with Crippen LogP contribution in [0.3, 0.4) is 0 Å². The van der Waals surface area contributed by atoms with Crippen molar-refractivity contribution in [2.24, 2.45) is 5.73 Å². The van der Waals surface area contributed by atoms with Gasteiger partial charge in [-0.1, -0.05) is 74.7 Å². The predicted octanol–water partition coefficient (Wildman–Crippen LogP) is 5.54. The number of unbranched alkanes of at least 4 members (excludes halogenated alkanes) is 3. The summed E-state index contributed by atoms with van der Waals surface area (Å²) in [6, 6.07) is 17.6. The van der Waals surface area contributed by atoms with Crippen molar-refractivity contribution >= 4 is 8.25 Å². The van der Waals surface area contributed by atoms with Gasteiger partial charge in [0.2, 0.25) is 0 Å². The highest BCUT2D eigenvalue weighted by Crippen LogP contribution is 2.33. The highest BCUT2D eigenvalue weighted by Gasteiger charge is 2.31. The zero-order valence-electron chi connectivity index (χ0n) is 16.8. The topological polar surface area (TPSA) is 61.5 Å². The molecule has 0 atom stereocenters. The van der Waals surface area contributed by atoms with Gasteiger partial charge in [0.15, 0.2) is 0 Å². The molecule has 2 aromatic carbocycles. The van der Waals surface area contributed by atoms with Crippen LogP contribution in [-0.2, 0) is 26.5 Å². The zero-order valence-corrected chi connectivity index (χ0v) is 17.8. The van der Waals surface area contributed by atoms with E-state index in [1.165, 1.54) is 54.4 Å². The lowest BCUT2D eigenvalue weighted by Crippen LogP contribution is -2.50. The van der Waals surface area contributed by atoms with E-state index in [0.29, 0.717) is 13.2 Å². The average Bonchev–Trinajstić information content (AvgIpc) is 2.73. The smallest absolute Gasteiger partial charge is 0.319 e. The van der Waals surface area contributed by atoms with Gasteiger partial charge in [-0.2, -0.15) is 0 Å². The first-order chi connectivity index (χ1) is 13.6. The molecule has 1 aliphatic heterocycles. The fourth-order valence-electron chi connectivity index (χ4n) is 3.51. The molecule has 5 heteroatoms. The normalized spacial score (nSPS) is 22.3. The lowest BCUT2D eigenvalue weighted by molar-refractivity contribution is 0.0797. The van der Waals surface area contributed by atoms with Gasteiger partial charge in [0.25, 0.3) is 0 Å². The summed E-state index contributed by atoms with van der Waals surface area (Å²) in [6.07, 6.45) is 7.97. The van der Waals surface area contributed by atoms with Gasteiger partial charge >= 0.3 is 8.25 Å². The van der Waals surface area contributed by atoms with E-state index in [9.17, 15) is 4.57 Å². The third kappa shape index (κ3) is 6.28. The van der Waals surface area contributed by atoms with Crippen molar-refractivity contribution in [3.63, 3.8) is 0 Å². The van der Waals surface area contributed by atoms with Gasteiger partial charge in [-0.3, -0.25) is 4.57 Å². The highest BCUT2D eigenvalue weighted by molar-refractivity contribution is 7.33. The van der Waals surface area contributed by atoms with E-state index in [2.05, 4.69) is 55.5 Å². The standard InChI is InChI=1S/C23H32NO3P/c1-2-3-4-5-6-19-7-11-21(12-8-19)22-13-9-20(10-14-22)15-16-23(24)17-26-28(25)27-18-23/h7-14,28H,2-6,15-18,24H2,1H3. The maximum absolute atomic E-state index is 11.2. The maximum atomic E-state index is 11.2. The van der Waals surface area contributed by atoms with Crippen molar-refractivity contribution in [2.75, 3.05) is 13.2 Å². The first-order valence-electron chi connectivity index (χ1n) is 10.3. The summed E-state index contributed by atoms with van der Waals surface area (Å²) in [5.41, 5.74) is 10.9. The largest absolute Gasteiger partial charge is 0.321 e. The van der Waals surface area contributed by atoms with Crippen molar-refractivity contribution < 1.29 is 13.6 Å². The molecule has 1 heterocycles. The molecule has 0 bridgehead atoms. The Balaban J connectivity index is 1.51. The summed E-state index contributed by atoms with van der Waals surface area (Å²) in [6.45, 7) is 2.85. The molecule has 0 saturated carbocycles. The molecular weight excluding hydrogens is 369 g/mol. The minimum atomic E-state index is -2.32. The van der Waals surface area contributed by atoms with Gasteiger partial charge in [0.1, 0.15) is 0 Å². The minimum Gasteiger partial charge on any atom is -0.321 e. The summed E-state index contributed by atoms with van der Waals surface area (Å²) in [4.78, 5) is 0. The molecule has 0 aliphatic carbocycles. The van der Waals surface area contributed by atoms with E-state index in [1.807, 2.05) is 0 Å². The number of hydrogen-bond acceptors (Lipinski definition) is 4. The number of nitrogens with two attached hydrogens (primary N) is 1. The molecule has 0 spiro atoms. The maximum Gasteiger partial charge on any atom is 0.319 e. The summed E-state index contributed by atoms with van der Waals surface area (Å²) in [5.74, 6) is 0. The molecule has 152 valence electrons. The van der Waals surface area contributed by atoms with E-state index >= 15 is 0 Å². The van der Waals surface area contributed by atoms with Crippen molar-refractivity contribution in [2.45, 2.75) is 57.4 Å². The van der Waals surface area contributed by atoms with Crippen LogP contribution in [0.5, 0.6) is 0 Å². The minimum absolute atomic E-state index is 0.299. The number of rotatable bonds is 9. The van der Waals surface area contributed by atoms with Gasteiger partial charge in [-0.15, -0.1) is 0 Å². The summed E-state index contributed by atoms with van der Waals surface area (Å²) >= 11 is 0. The lowest BCUT2D eigenvalue weighted by atomic mass is 9.93. The van der Waals surface area contributed by atoms with Crippen LogP contribution in [0.15, 0.2) is 48.5 Å². The second kappa shape index (κ2) is 10.4. The summed E-state index contributed by atoms with van der Waals surface area (Å²) < 4.78 is 21.4. The molecular formula is C23H32NO3P. The molecule has 1 aliphatic rings. The molecule has 0 aromatic heterocycles. The lowest BCUT2D eigenvalue weighted by Gasteiger charge is -2.32. The van der Waals surface area contributed by atoms with Gasteiger partial charge in [0, 0.05) is 0 Å². The Bertz CT molecular complexity index is 748. The summed E-state index contributed by atoms with van der Waals surface area (Å²) in [7, 11) is -2.32. The van der Waals surface area contributed by atoms with E-state index < -0.39 is 13.8 Å². The molecule has 4 nitrogen and oxygen atoms in total. The number of benzene rings is 2. The second-order valence-electron chi connectivity index (χ2n) is 7.89. The van der Waals surface area contributed by atoms with Gasteiger partial charge in [0.05, 0.1) is 18.8 Å². The van der Waals surface area contributed by atoms with Gasteiger partial charge in [-0.25, -0.2) is 0 Å².